The van der Waals surface area contributed by atoms with Crippen molar-refractivity contribution in [3.63, 3.8) is 0 Å². The molecule has 0 aliphatic rings. The second-order valence-corrected chi connectivity index (χ2v) is 1.72. The van der Waals surface area contributed by atoms with Crippen LogP contribution in [-0.2, 0) is 9.53 Å². The van der Waals surface area contributed by atoms with Crippen molar-refractivity contribution in [3.05, 3.63) is 0 Å². The van der Waals surface area contributed by atoms with Crippen LogP contribution in [0.25, 0.3) is 0 Å². The highest BCUT2D eigenvalue weighted by molar-refractivity contribution is 6.63. The van der Waals surface area contributed by atoms with Gasteiger partial charge in [0.05, 0.1) is 6.61 Å². The van der Waals surface area contributed by atoms with Gasteiger partial charge in [-0.1, -0.05) is 0 Å². The van der Waals surface area contributed by atoms with E-state index in [1.165, 1.54) is 0 Å². The number of carbonyl (C=O) groups excluding carboxylic acids is 1. The standard InChI is InChI=1S/C5H9ClO2/c1-2-8-4-3-5(6)7/h2-4H2,1H3. The first kappa shape index (κ1) is 7.92. The van der Waals surface area contributed by atoms with Gasteiger partial charge in [0.25, 0.3) is 0 Å². The molecule has 0 fully saturated rings. The topological polar surface area (TPSA) is 26.3 Å². The van der Waals surface area contributed by atoms with Crippen LogP contribution in [0.4, 0.5) is 0 Å². The Hall–Kier alpha value is -0.0800. The molecule has 0 aromatic carbocycles. The van der Waals surface area contributed by atoms with Crippen molar-refractivity contribution >= 4 is 16.8 Å². The molecular weight excluding hydrogens is 128 g/mol. The average molecular weight is 137 g/mol. The molecule has 0 bridgehead atoms. The van der Waals surface area contributed by atoms with Crippen molar-refractivity contribution in [2.45, 2.75) is 13.3 Å². The van der Waals surface area contributed by atoms with Gasteiger partial charge in [0, 0.05) is 13.0 Å². The molecule has 0 N–H and O–H groups in total. The smallest absolute Gasteiger partial charge is 0.223 e. The van der Waals surface area contributed by atoms with Gasteiger partial charge in [0.15, 0.2) is 0 Å². The number of hydrogen-bond donors (Lipinski definition) is 0. The van der Waals surface area contributed by atoms with E-state index in [-0.39, 0.29) is 5.24 Å². The summed E-state index contributed by atoms with van der Waals surface area (Å²) in [7, 11) is 0. The molecule has 0 aliphatic heterocycles. The zero-order valence-electron chi connectivity index (χ0n) is 4.82. The number of hydrogen-bond acceptors (Lipinski definition) is 2. The number of ether oxygens (including phenoxy) is 1. The van der Waals surface area contributed by atoms with Crippen LogP contribution >= 0.6 is 11.6 Å². The van der Waals surface area contributed by atoms with E-state index >= 15 is 0 Å². The van der Waals surface area contributed by atoms with Crippen LogP contribution in [0, 0.1) is 0 Å². The average Bonchev–Trinajstić information content (AvgIpc) is 1.66. The highest BCUT2D eigenvalue weighted by atomic mass is 35.5. The Morgan fingerprint density at radius 2 is 2.38 bits per heavy atom. The molecule has 0 heterocycles. The minimum absolute atomic E-state index is 0.315. The third-order valence-corrected chi connectivity index (χ3v) is 0.836. The summed E-state index contributed by atoms with van der Waals surface area (Å²) in [6.45, 7) is 2.96. The molecule has 0 atom stereocenters. The normalized spacial score (nSPS) is 9.25. The number of halogens is 1. The number of rotatable bonds is 4. The Bertz CT molecular complexity index is 72.8. The van der Waals surface area contributed by atoms with Crippen LogP contribution in [0.1, 0.15) is 13.3 Å². The summed E-state index contributed by atoms with van der Waals surface area (Å²) < 4.78 is 4.84. The van der Waals surface area contributed by atoms with E-state index in [1.54, 1.807) is 0 Å². The molecule has 0 aromatic heterocycles. The lowest BCUT2D eigenvalue weighted by Gasteiger charge is -1.93. The first-order valence-corrected chi connectivity index (χ1v) is 2.91. The zero-order valence-corrected chi connectivity index (χ0v) is 5.57. The highest BCUT2D eigenvalue weighted by Gasteiger charge is 1.92. The van der Waals surface area contributed by atoms with Crippen molar-refractivity contribution in [3.8, 4) is 0 Å². The van der Waals surface area contributed by atoms with Crippen LogP contribution in [0.3, 0.4) is 0 Å². The first-order chi connectivity index (χ1) is 3.77. The van der Waals surface area contributed by atoms with E-state index in [0.717, 1.165) is 0 Å². The minimum Gasteiger partial charge on any atom is -0.381 e. The van der Waals surface area contributed by atoms with E-state index in [9.17, 15) is 4.79 Å². The molecule has 3 heteroatoms. The molecule has 0 unspecified atom stereocenters. The van der Waals surface area contributed by atoms with Gasteiger partial charge in [-0.15, -0.1) is 0 Å². The SMILES string of the molecule is CCOCCC(=O)Cl. The molecule has 0 saturated heterocycles. The van der Waals surface area contributed by atoms with E-state index in [1.807, 2.05) is 6.92 Å². The van der Waals surface area contributed by atoms with Crippen LogP contribution in [0.5, 0.6) is 0 Å². The van der Waals surface area contributed by atoms with Gasteiger partial charge in [-0.25, -0.2) is 0 Å². The first-order valence-electron chi connectivity index (χ1n) is 2.53. The Labute approximate surface area is 53.8 Å². The van der Waals surface area contributed by atoms with Crippen molar-refractivity contribution < 1.29 is 9.53 Å². The zero-order chi connectivity index (χ0) is 6.41. The van der Waals surface area contributed by atoms with E-state index in [0.29, 0.717) is 19.6 Å². The molecule has 0 aliphatic carbocycles. The van der Waals surface area contributed by atoms with Gasteiger partial charge < -0.3 is 4.74 Å². The second kappa shape index (κ2) is 5.06. The Kier molecular flexibility index (Phi) is 5.01. The van der Waals surface area contributed by atoms with Gasteiger partial charge in [0.2, 0.25) is 5.24 Å². The predicted molar refractivity (Wildman–Crippen MR) is 32.0 cm³/mol. The lowest BCUT2D eigenvalue weighted by molar-refractivity contribution is -0.112. The van der Waals surface area contributed by atoms with Gasteiger partial charge in [-0.3, -0.25) is 4.79 Å². The van der Waals surface area contributed by atoms with Gasteiger partial charge in [0.1, 0.15) is 0 Å². The monoisotopic (exact) mass is 136 g/mol. The summed E-state index contributed by atoms with van der Waals surface area (Å²) in [5.41, 5.74) is 0. The van der Waals surface area contributed by atoms with Crippen molar-refractivity contribution in [2.24, 2.45) is 0 Å². The lowest BCUT2D eigenvalue weighted by atomic mass is 10.5. The molecule has 0 amide bonds. The summed E-state index contributed by atoms with van der Waals surface area (Å²) in [5.74, 6) is 0. The van der Waals surface area contributed by atoms with Crippen molar-refractivity contribution in [2.75, 3.05) is 13.2 Å². The summed E-state index contributed by atoms with van der Waals surface area (Å²) in [4.78, 5) is 10.0. The highest BCUT2D eigenvalue weighted by Crippen LogP contribution is 1.87. The van der Waals surface area contributed by atoms with Gasteiger partial charge in [-0.05, 0) is 18.5 Å². The van der Waals surface area contributed by atoms with Gasteiger partial charge in [-0.2, -0.15) is 0 Å². The molecule has 2 nitrogen and oxygen atoms in total. The van der Waals surface area contributed by atoms with Gasteiger partial charge >= 0.3 is 0 Å². The van der Waals surface area contributed by atoms with Crippen molar-refractivity contribution in [1.29, 1.82) is 0 Å². The van der Waals surface area contributed by atoms with E-state index < -0.39 is 0 Å². The molecule has 48 valence electrons. The maximum atomic E-state index is 10.0. The third kappa shape index (κ3) is 5.92. The fraction of sp³-hybridized carbons (Fsp3) is 0.800. The van der Waals surface area contributed by atoms with E-state index in [2.05, 4.69) is 0 Å². The Balaban J connectivity index is 2.82. The maximum Gasteiger partial charge on any atom is 0.223 e. The molecular formula is C5H9ClO2. The van der Waals surface area contributed by atoms with Crippen LogP contribution in [0.15, 0.2) is 0 Å². The largest absolute Gasteiger partial charge is 0.381 e. The fourth-order valence-corrected chi connectivity index (χ4v) is 0.374. The summed E-state index contributed by atoms with van der Waals surface area (Å²) in [5, 5.41) is -0.335. The Morgan fingerprint density at radius 1 is 1.75 bits per heavy atom. The summed E-state index contributed by atoms with van der Waals surface area (Å²) in [6.07, 6.45) is 0.315. The molecule has 0 spiro atoms. The van der Waals surface area contributed by atoms with Crippen LogP contribution < -0.4 is 0 Å². The third-order valence-electron chi connectivity index (χ3n) is 0.647. The quantitative estimate of drug-likeness (QED) is 0.429. The predicted octanol–water partition coefficient (Wildman–Crippen LogP) is 1.18. The summed E-state index contributed by atoms with van der Waals surface area (Å²) in [6, 6.07) is 0. The summed E-state index contributed by atoms with van der Waals surface area (Å²) >= 11 is 4.99. The fourth-order valence-electron chi connectivity index (χ4n) is 0.297. The molecule has 0 rings (SSSR count). The van der Waals surface area contributed by atoms with Crippen LogP contribution in [-0.4, -0.2) is 18.5 Å². The molecule has 0 aromatic rings. The second-order valence-electron chi connectivity index (χ2n) is 1.30. The van der Waals surface area contributed by atoms with E-state index in [4.69, 9.17) is 16.3 Å². The Morgan fingerprint density at radius 3 is 2.75 bits per heavy atom. The molecule has 0 saturated carbocycles. The van der Waals surface area contributed by atoms with Crippen molar-refractivity contribution in [1.82, 2.24) is 0 Å². The molecule has 8 heavy (non-hydrogen) atoms. The lowest BCUT2D eigenvalue weighted by Crippen LogP contribution is -1.97. The molecule has 0 radical (unpaired) electrons. The minimum atomic E-state index is -0.335. The van der Waals surface area contributed by atoms with Crippen LogP contribution in [0.2, 0.25) is 0 Å². The maximum absolute atomic E-state index is 10.0. The number of carbonyl (C=O) groups is 1.